The van der Waals surface area contributed by atoms with Gasteiger partial charge in [-0.1, -0.05) is 12.1 Å². The SMILES string of the molecule is COC(=O)CN1CC2(CCN(C(=O)CC3CC3)CC2)COc2ccccc2S1(=O)=O. The maximum Gasteiger partial charge on any atom is 0.321 e. The van der Waals surface area contributed by atoms with Crippen LogP contribution in [0.1, 0.15) is 32.1 Å². The molecule has 0 N–H and O–H groups in total. The Morgan fingerprint density at radius 1 is 1.20 bits per heavy atom. The van der Waals surface area contributed by atoms with Gasteiger partial charge in [0.1, 0.15) is 17.2 Å². The van der Waals surface area contributed by atoms with E-state index in [0.717, 1.165) is 12.8 Å². The van der Waals surface area contributed by atoms with Crippen LogP contribution >= 0.6 is 0 Å². The molecule has 4 rings (SSSR count). The summed E-state index contributed by atoms with van der Waals surface area (Å²) in [5, 5.41) is 0. The lowest BCUT2D eigenvalue weighted by Gasteiger charge is -2.44. The molecule has 1 saturated heterocycles. The Labute approximate surface area is 177 Å². The molecule has 9 heteroatoms. The van der Waals surface area contributed by atoms with Crippen molar-refractivity contribution < 1.29 is 27.5 Å². The third kappa shape index (κ3) is 4.32. The first kappa shape index (κ1) is 21.1. The highest BCUT2D eigenvalue weighted by Crippen LogP contribution is 2.40. The standard InChI is InChI=1S/C21H28N2O6S/c1-28-20(25)13-23-14-21(8-10-22(11-9-21)19(24)12-16-6-7-16)15-29-17-4-2-3-5-18(17)30(23,26)27/h2-5,16H,6-15H2,1H3. The first-order valence-corrected chi connectivity index (χ1v) is 11.8. The summed E-state index contributed by atoms with van der Waals surface area (Å²) in [6.07, 6.45) is 4.13. The Bertz CT molecular complexity index is 919. The van der Waals surface area contributed by atoms with Crippen LogP contribution in [0.5, 0.6) is 5.75 Å². The zero-order valence-corrected chi connectivity index (χ0v) is 18.0. The molecule has 2 aliphatic heterocycles. The molecule has 1 spiro atoms. The van der Waals surface area contributed by atoms with Gasteiger partial charge >= 0.3 is 5.97 Å². The molecular formula is C21H28N2O6S. The van der Waals surface area contributed by atoms with Crippen LogP contribution in [0.15, 0.2) is 29.2 Å². The summed E-state index contributed by atoms with van der Waals surface area (Å²) in [4.78, 5) is 26.4. The molecule has 0 aromatic heterocycles. The van der Waals surface area contributed by atoms with Gasteiger partial charge < -0.3 is 14.4 Å². The normalized spacial score (nSPS) is 23.0. The monoisotopic (exact) mass is 436 g/mol. The quantitative estimate of drug-likeness (QED) is 0.667. The first-order chi connectivity index (χ1) is 14.3. The lowest BCUT2D eigenvalue weighted by atomic mass is 9.78. The summed E-state index contributed by atoms with van der Waals surface area (Å²) in [6.45, 7) is 1.29. The van der Waals surface area contributed by atoms with Crippen molar-refractivity contribution in [1.82, 2.24) is 9.21 Å². The summed E-state index contributed by atoms with van der Waals surface area (Å²) in [5.41, 5.74) is -0.467. The smallest absolute Gasteiger partial charge is 0.321 e. The molecule has 3 aliphatic rings. The van der Waals surface area contributed by atoms with Gasteiger partial charge in [0.15, 0.2) is 0 Å². The zero-order chi connectivity index (χ0) is 21.4. The topological polar surface area (TPSA) is 93.2 Å². The van der Waals surface area contributed by atoms with Crippen LogP contribution in [0.25, 0.3) is 0 Å². The number of para-hydroxylation sites is 1. The van der Waals surface area contributed by atoms with Gasteiger partial charge in [-0.05, 0) is 43.7 Å². The third-order valence-corrected chi connectivity index (χ3v) is 8.21. The van der Waals surface area contributed by atoms with Gasteiger partial charge in [0.2, 0.25) is 15.9 Å². The summed E-state index contributed by atoms with van der Waals surface area (Å²) in [7, 11) is -2.69. The van der Waals surface area contributed by atoms with Crippen LogP contribution in [-0.4, -0.2) is 69.4 Å². The Morgan fingerprint density at radius 2 is 1.90 bits per heavy atom. The highest BCUT2D eigenvalue weighted by Gasteiger charge is 2.44. The number of ether oxygens (including phenoxy) is 2. The summed E-state index contributed by atoms with van der Waals surface area (Å²) >= 11 is 0. The van der Waals surface area contributed by atoms with Crippen molar-refractivity contribution in [2.75, 3.05) is 39.9 Å². The Balaban J connectivity index is 1.58. The van der Waals surface area contributed by atoms with Gasteiger partial charge in [-0.2, -0.15) is 4.31 Å². The minimum Gasteiger partial charge on any atom is -0.492 e. The largest absolute Gasteiger partial charge is 0.492 e. The number of methoxy groups -OCH3 is 1. The number of likely N-dealkylation sites (tertiary alicyclic amines) is 1. The molecule has 0 radical (unpaired) electrons. The molecule has 0 atom stereocenters. The van der Waals surface area contributed by atoms with Crippen LogP contribution in [0.3, 0.4) is 0 Å². The number of benzene rings is 1. The Morgan fingerprint density at radius 3 is 2.57 bits per heavy atom. The van der Waals surface area contributed by atoms with Crippen LogP contribution in [0.4, 0.5) is 0 Å². The Kier molecular flexibility index (Phi) is 5.76. The average molecular weight is 437 g/mol. The van der Waals surface area contributed by atoms with Crippen molar-refractivity contribution in [1.29, 1.82) is 0 Å². The number of sulfonamides is 1. The number of hydrogen-bond donors (Lipinski definition) is 0. The molecule has 1 amide bonds. The van der Waals surface area contributed by atoms with Crippen molar-refractivity contribution in [3.8, 4) is 5.75 Å². The predicted octanol–water partition coefficient (Wildman–Crippen LogP) is 1.65. The van der Waals surface area contributed by atoms with Gasteiger partial charge in [0.25, 0.3) is 0 Å². The van der Waals surface area contributed by atoms with Crippen LogP contribution in [-0.2, 0) is 24.3 Å². The number of nitrogens with zero attached hydrogens (tertiary/aromatic N) is 2. The summed E-state index contributed by atoms with van der Waals surface area (Å²) in [5.74, 6) is 0.405. The zero-order valence-electron chi connectivity index (χ0n) is 17.2. The number of esters is 1. The van der Waals surface area contributed by atoms with Crippen LogP contribution in [0, 0.1) is 11.3 Å². The number of carbonyl (C=O) groups excluding carboxylic acids is 2. The van der Waals surface area contributed by atoms with E-state index >= 15 is 0 Å². The third-order valence-electron chi connectivity index (χ3n) is 6.38. The minimum atomic E-state index is -3.93. The number of carbonyl (C=O) groups is 2. The van der Waals surface area contributed by atoms with Gasteiger partial charge in [-0.3, -0.25) is 9.59 Å². The molecule has 2 fully saturated rings. The van der Waals surface area contributed by atoms with Crippen molar-refractivity contribution in [3.05, 3.63) is 24.3 Å². The van der Waals surface area contributed by atoms with E-state index in [1.807, 2.05) is 4.90 Å². The molecule has 1 aromatic carbocycles. The molecule has 8 nitrogen and oxygen atoms in total. The first-order valence-electron chi connectivity index (χ1n) is 10.4. The molecule has 2 heterocycles. The van der Waals surface area contributed by atoms with E-state index in [2.05, 4.69) is 0 Å². The molecule has 0 bridgehead atoms. The average Bonchev–Trinajstić information content (AvgIpc) is 3.55. The highest BCUT2D eigenvalue weighted by molar-refractivity contribution is 7.89. The van der Waals surface area contributed by atoms with Gasteiger partial charge in [-0.25, -0.2) is 8.42 Å². The molecule has 1 aromatic rings. The Hall–Kier alpha value is -2.13. The number of rotatable bonds is 4. The van der Waals surface area contributed by atoms with Gasteiger partial charge in [-0.15, -0.1) is 0 Å². The number of amides is 1. The second kappa shape index (κ2) is 8.19. The van der Waals surface area contributed by atoms with E-state index in [0.29, 0.717) is 50.6 Å². The number of piperidine rings is 1. The number of fused-ring (bicyclic) bond motifs is 1. The maximum atomic E-state index is 13.3. The molecule has 1 aliphatic carbocycles. The second-order valence-electron chi connectivity index (χ2n) is 8.61. The molecular weight excluding hydrogens is 408 g/mol. The summed E-state index contributed by atoms with van der Waals surface area (Å²) < 4.78 is 38.6. The number of hydrogen-bond acceptors (Lipinski definition) is 6. The van der Waals surface area contributed by atoms with E-state index in [9.17, 15) is 18.0 Å². The molecule has 1 saturated carbocycles. The minimum absolute atomic E-state index is 0.0563. The lowest BCUT2D eigenvalue weighted by molar-refractivity contribution is -0.141. The fourth-order valence-corrected chi connectivity index (χ4v) is 5.87. The van der Waals surface area contributed by atoms with Crippen molar-refractivity contribution in [2.24, 2.45) is 11.3 Å². The van der Waals surface area contributed by atoms with Crippen molar-refractivity contribution in [2.45, 2.75) is 37.0 Å². The van der Waals surface area contributed by atoms with E-state index in [-0.39, 0.29) is 23.9 Å². The highest BCUT2D eigenvalue weighted by atomic mass is 32.2. The molecule has 164 valence electrons. The maximum absolute atomic E-state index is 13.3. The van der Waals surface area contributed by atoms with E-state index in [1.165, 1.54) is 17.5 Å². The van der Waals surface area contributed by atoms with Crippen molar-refractivity contribution >= 4 is 21.9 Å². The van der Waals surface area contributed by atoms with Gasteiger partial charge in [0, 0.05) is 31.5 Å². The predicted molar refractivity (Wildman–Crippen MR) is 108 cm³/mol. The van der Waals surface area contributed by atoms with Crippen molar-refractivity contribution in [3.63, 3.8) is 0 Å². The van der Waals surface area contributed by atoms with E-state index in [4.69, 9.17) is 9.47 Å². The van der Waals surface area contributed by atoms with E-state index < -0.39 is 21.4 Å². The molecule has 30 heavy (non-hydrogen) atoms. The molecule has 0 unspecified atom stereocenters. The second-order valence-corrected chi connectivity index (χ2v) is 10.5. The summed E-state index contributed by atoms with van der Waals surface area (Å²) in [6, 6.07) is 6.49. The van der Waals surface area contributed by atoms with E-state index in [1.54, 1.807) is 18.2 Å². The fourth-order valence-electron chi connectivity index (χ4n) is 4.24. The lowest BCUT2D eigenvalue weighted by Crippen LogP contribution is -2.53. The fraction of sp³-hybridized carbons (Fsp3) is 0.619. The van der Waals surface area contributed by atoms with Crippen LogP contribution < -0.4 is 4.74 Å². The van der Waals surface area contributed by atoms with Gasteiger partial charge in [0.05, 0.1) is 13.7 Å². The van der Waals surface area contributed by atoms with Crippen LogP contribution in [0.2, 0.25) is 0 Å².